The summed E-state index contributed by atoms with van der Waals surface area (Å²) in [7, 11) is 1.75. The van der Waals surface area contributed by atoms with Crippen LogP contribution in [0.1, 0.15) is 25.7 Å². The fourth-order valence-electron chi connectivity index (χ4n) is 2.88. The summed E-state index contributed by atoms with van der Waals surface area (Å²) < 4.78 is 5.59. The second-order valence-corrected chi connectivity index (χ2v) is 5.82. The van der Waals surface area contributed by atoms with Gasteiger partial charge in [0.15, 0.2) is 0 Å². The largest absolute Gasteiger partial charge is 0.492 e. The number of carboxylic acids is 1. The SMILES string of the molecule is CN(CCOc1ccccc1)C(=O)C1CCCC(C(=O)O)C1. The lowest BCUT2D eigenvalue weighted by Gasteiger charge is -2.29. The molecule has 0 heterocycles. The number of carbonyl (C=O) groups excluding carboxylic acids is 1. The number of hydrogen-bond acceptors (Lipinski definition) is 3. The van der Waals surface area contributed by atoms with Crippen molar-refractivity contribution in [1.29, 1.82) is 0 Å². The molecule has 22 heavy (non-hydrogen) atoms. The summed E-state index contributed by atoms with van der Waals surface area (Å²) in [5.74, 6) is -0.518. The van der Waals surface area contributed by atoms with Gasteiger partial charge in [-0.15, -0.1) is 0 Å². The van der Waals surface area contributed by atoms with Crippen LogP contribution in [0.15, 0.2) is 30.3 Å². The number of carbonyl (C=O) groups is 2. The lowest BCUT2D eigenvalue weighted by molar-refractivity contribution is -0.145. The Bertz CT molecular complexity index is 503. The lowest BCUT2D eigenvalue weighted by atomic mass is 9.81. The summed E-state index contributed by atoms with van der Waals surface area (Å²) in [6.45, 7) is 0.934. The van der Waals surface area contributed by atoms with Crippen LogP contribution in [0.4, 0.5) is 0 Å². The maximum absolute atomic E-state index is 12.4. The third kappa shape index (κ3) is 4.48. The monoisotopic (exact) mass is 305 g/mol. The Hall–Kier alpha value is -2.04. The molecule has 5 nitrogen and oxygen atoms in total. The first-order chi connectivity index (χ1) is 10.6. The van der Waals surface area contributed by atoms with Crippen molar-refractivity contribution in [2.75, 3.05) is 20.2 Å². The number of aliphatic carboxylic acids is 1. The van der Waals surface area contributed by atoms with E-state index in [9.17, 15) is 9.59 Å². The van der Waals surface area contributed by atoms with E-state index < -0.39 is 5.97 Å². The van der Waals surface area contributed by atoms with Crippen LogP contribution in [-0.2, 0) is 9.59 Å². The molecule has 120 valence electrons. The predicted molar refractivity (Wildman–Crippen MR) is 82.7 cm³/mol. The zero-order valence-corrected chi connectivity index (χ0v) is 12.9. The Kier molecular flexibility index (Phi) is 5.81. The van der Waals surface area contributed by atoms with Crippen LogP contribution in [0.2, 0.25) is 0 Å². The number of hydrogen-bond donors (Lipinski definition) is 1. The van der Waals surface area contributed by atoms with Gasteiger partial charge in [0.2, 0.25) is 5.91 Å². The number of para-hydroxylation sites is 1. The molecule has 1 N–H and O–H groups in total. The van der Waals surface area contributed by atoms with Gasteiger partial charge in [0.25, 0.3) is 0 Å². The first kappa shape index (κ1) is 16.3. The van der Waals surface area contributed by atoms with Crippen molar-refractivity contribution >= 4 is 11.9 Å². The lowest BCUT2D eigenvalue weighted by Crippen LogP contribution is -2.38. The van der Waals surface area contributed by atoms with Crippen molar-refractivity contribution in [2.24, 2.45) is 11.8 Å². The summed E-state index contributed by atoms with van der Waals surface area (Å²) in [6, 6.07) is 9.47. The topological polar surface area (TPSA) is 66.8 Å². The second-order valence-electron chi connectivity index (χ2n) is 5.82. The maximum Gasteiger partial charge on any atom is 0.306 e. The average molecular weight is 305 g/mol. The number of benzene rings is 1. The van der Waals surface area contributed by atoms with Crippen LogP contribution in [0.5, 0.6) is 5.75 Å². The molecule has 1 aromatic carbocycles. The minimum Gasteiger partial charge on any atom is -0.492 e. The van der Waals surface area contributed by atoms with Crippen LogP contribution >= 0.6 is 0 Å². The Morgan fingerprint density at radius 2 is 1.91 bits per heavy atom. The van der Waals surface area contributed by atoms with Gasteiger partial charge in [-0.2, -0.15) is 0 Å². The van der Waals surface area contributed by atoms with Crippen molar-refractivity contribution < 1.29 is 19.4 Å². The van der Waals surface area contributed by atoms with Gasteiger partial charge >= 0.3 is 5.97 Å². The van der Waals surface area contributed by atoms with E-state index in [1.165, 1.54) is 0 Å². The van der Waals surface area contributed by atoms with Gasteiger partial charge < -0.3 is 14.7 Å². The average Bonchev–Trinajstić information content (AvgIpc) is 2.55. The fraction of sp³-hybridized carbons (Fsp3) is 0.529. The third-order valence-corrected chi connectivity index (χ3v) is 4.19. The Morgan fingerprint density at radius 3 is 2.59 bits per heavy atom. The molecular formula is C17H23NO4. The van der Waals surface area contributed by atoms with Gasteiger partial charge in [0, 0.05) is 13.0 Å². The Balaban J connectivity index is 1.78. The number of likely N-dealkylation sites (N-methyl/N-ethyl adjacent to an activating group) is 1. The molecule has 0 spiro atoms. The summed E-state index contributed by atoms with van der Waals surface area (Å²) in [6.07, 6.45) is 2.73. The van der Waals surface area contributed by atoms with E-state index >= 15 is 0 Å². The molecule has 2 unspecified atom stereocenters. The van der Waals surface area contributed by atoms with Gasteiger partial charge in [-0.25, -0.2) is 0 Å². The number of nitrogens with zero attached hydrogens (tertiary/aromatic N) is 1. The molecule has 1 aliphatic carbocycles. The third-order valence-electron chi connectivity index (χ3n) is 4.19. The van der Waals surface area contributed by atoms with Crippen LogP contribution in [0.3, 0.4) is 0 Å². The van der Waals surface area contributed by atoms with E-state index in [4.69, 9.17) is 9.84 Å². The van der Waals surface area contributed by atoms with Crippen molar-refractivity contribution in [2.45, 2.75) is 25.7 Å². The minimum atomic E-state index is -0.785. The minimum absolute atomic E-state index is 0.0302. The molecule has 1 amide bonds. The zero-order valence-electron chi connectivity index (χ0n) is 12.9. The van der Waals surface area contributed by atoms with Crippen LogP contribution in [0, 0.1) is 11.8 Å². The summed E-state index contributed by atoms with van der Waals surface area (Å²) in [5, 5.41) is 9.10. The predicted octanol–water partition coefficient (Wildman–Crippen LogP) is 2.41. The number of carboxylic acid groups (broad SMARTS) is 1. The molecule has 1 aromatic rings. The Morgan fingerprint density at radius 1 is 1.23 bits per heavy atom. The van der Waals surface area contributed by atoms with Gasteiger partial charge in [-0.1, -0.05) is 24.6 Å². The van der Waals surface area contributed by atoms with E-state index in [1.807, 2.05) is 30.3 Å². The van der Waals surface area contributed by atoms with Crippen molar-refractivity contribution in [3.05, 3.63) is 30.3 Å². The number of amides is 1. The molecule has 2 atom stereocenters. The van der Waals surface area contributed by atoms with Crippen LogP contribution in [-0.4, -0.2) is 42.1 Å². The first-order valence-electron chi connectivity index (χ1n) is 7.73. The molecule has 0 bridgehead atoms. The highest BCUT2D eigenvalue weighted by molar-refractivity contribution is 5.80. The molecule has 2 rings (SSSR count). The molecule has 0 aliphatic heterocycles. The number of ether oxygens (including phenoxy) is 1. The maximum atomic E-state index is 12.4. The van der Waals surface area contributed by atoms with E-state index in [0.29, 0.717) is 26.0 Å². The standard InChI is InChI=1S/C17H23NO4/c1-18(10-11-22-15-8-3-2-4-9-15)16(19)13-6-5-7-14(12-13)17(20)21/h2-4,8-9,13-14H,5-7,10-12H2,1H3,(H,20,21). The zero-order chi connectivity index (χ0) is 15.9. The molecule has 0 aromatic heterocycles. The van der Waals surface area contributed by atoms with Gasteiger partial charge in [0.1, 0.15) is 12.4 Å². The quantitative estimate of drug-likeness (QED) is 0.876. The van der Waals surface area contributed by atoms with Gasteiger partial charge in [-0.3, -0.25) is 9.59 Å². The second kappa shape index (κ2) is 7.82. The number of rotatable bonds is 6. The fourth-order valence-corrected chi connectivity index (χ4v) is 2.88. The Labute approximate surface area is 130 Å². The summed E-state index contributed by atoms with van der Waals surface area (Å²) in [5.41, 5.74) is 0. The molecule has 0 saturated heterocycles. The van der Waals surface area contributed by atoms with E-state index in [0.717, 1.165) is 18.6 Å². The highest BCUT2D eigenvalue weighted by Gasteiger charge is 2.32. The van der Waals surface area contributed by atoms with Crippen LogP contribution < -0.4 is 4.74 Å². The highest BCUT2D eigenvalue weighted by Crippen LogP contribution is 2.30. The smallest absolute Gasteiger partial charge is 0.306 e. The van der Waals surface area contributed by atoms with Crippen LogP contribution in [0.25, 0.3) is 0 Å². The summed E-state index contributed by atoms with van der Waals surface area (Å²) >= 11 is 0. The molecule has 0 radical (unpaired) electrons. The molecule has 1 fully saturated rings. The molecule has 5 heteroatoms. The normalized spacial score (nSPS) is 21.1. The van der Waals surface area contributed by atoms with E-state index in [2.05, 4.69) is 0 Å². The van der Waals surface area contributed by atoms with E-state index in [-0.39, 0.29) is 17.7 Å². The van der Waals surface area contributed by atoms with Gasteiger partial charge in [-0.05, 0) is 31.4 Å². The van der Waals surface area contributed by atoms with E-state index in [1.54, 1.807) is 11.9 Å². The van der Waals surface area contributed by atoms with Gasteiger partial charge in [0.05, 0.1) is 12.5 Å². The van der Waals surface area contributed by atoms with Crippen molar-refractivity contribution in [1.82, 2.24) is 4.90 Å². The molecule has 1 saturated carbocycles. The summed E-state index contributed by atoms with van der Waals surface area (Å²) in [4.78, 5) is 25.1. The van der Waals surface area contributed by atoms with Crippen molar-refractivity contribution in [3.63, 3.8) is 0 Å². The highest BCUT2D eigenvalue weighted by atomic mass is 16.5. The molecular weight excluding hydrogens is 282 g/mol. The molecule has 1 aliphatic rings. The van der Waals surface area contributed by atoms with Crippen molar-refractivity contribution in [3.8, 4) is 5.75 Å². The first-order valence-corrected chi connectivity index (χ1v) is 7.73.